The molecule has 0 aromatic carbocycles. The van der Waals surface area contributed by atoms with Gasteiger partial charge in [-0.3, -0.25) is 4.79 Å². The number of amides is 1. The largest absolute Gasteiger partial charge is 0.394 e. The van der Waals surface area contributed by atoms with E-state index in [9.17, 15) is 61.0 Å². The van der Waals surface area contributed by atoms with Crippen LogP contribution in [0.5, 0.6) is 0 Å². The molecule has 12 N–H and O–H groups in total. The zero-order valence-corrected chi connectivity index (χ0v) is 38.2. The van der Waals surface area contributed by atoms with Gasteiger partial charge in [-0.25, -0.2) is 0 Å². The maximum absolute atomic E-state index is 13.1. The highest BCUT2D eigenvalue weighted by Crippen LogP contribution is 2.33. The number of nitrogens with one attached hydrogen (secondary N) is 1. The Bertz CT molecular complexity index is 1350. The van der Waals surface area contributed by atoms with Crippen molar-refractivity contribution in [2.45, 2.75) is 221 Å². The minimum atomic E-state index is -1.97. The van der Waals surface area contributed by atoms with Crippen LogP contribution in [0.1, 0.15) is 117 Å². The lowest BCUT2D eigenvalue weighted by molar-refractivity contribution is -0.379. The molecule has 378 valence electrons. The Balaban J connectivity index is 1.57. The lowest BCUT2D eigenvalue weighted by Crippen LogP contribution is -2.66. The average molecular weight is 936 g/mol. The lowest BCUT2D eigenvalue weighted by atomic mass is 9.96. The topological polar surface area (TPSA) is 307 Å². The van der Waals surface area contributed by atoms with Crippen LogP contribution in [0.4, 0.5) is 0 Å². The van der Waals surface area contributed by atoms with E-state index in [-0.39, 0.29) is 18.9 Å². The third kappa shape index (κ3) is 18.8. The first kappa shape index (κ1) is 57.3. The highest BCUT2D eigenvalue weighted by molar-refractivity contribution is 5.76. The van der Waals surface area contributed by atoms with Crippen molar-refractivity contribution in [1.82, 2.24) is 5.32 Å². The van der Waals surface area contributed by atoms with Gasteiger partial charge in [-0.2, -0.15) is 0 Å². The van der Waals surface area contributed by atoms with Crippen LogP contribution in [0, 0.1) is 0 Å². The summed E-state index contributed by atoms with van der Waals surface area (Å²) in [5.74, 6) is -0.280. The molecule has 0 aromatic rings. The fraction of sp³-hybridized carbons (Fsp3) is 0.848. The Hall–Kier alpha value is -1.99. The number of carbonyl (C=O) groups is 1. The molecule has 0 spiro atoms. The Kier molecular flexibility index (Phi) is 28.2. The monoisotopic (exact) mass is 936 g/mol. The number of rotatable bonds is 31. The van der Waals surface area contributed by atoms with Crippen molar-refractivity contribution in [1.29, 1.82) is 0 Å². The van der Waals surface area contributed by atoms with E-state index in [2.05, 4.69) is 55.6 Å². The molecule has 65 heavy (non-hydrogen) atoms. The SMILES string of the molecule is CC/C=C\C/C=C\C/C=C\CCCCCC(=O)NC(COC1OC(CO)C(OC2OC(CO)C(OC3OC(CO)C(O)C(O)C3O)C(O)C2O)C(O)C1O)C(O)CCCCCCCCC. The number of ether oxygens (including phenoxy) is 6. The summed E-state index contributed by atoms with van der Waals surface area (Å²) in [6.45, 7) is 1.53. The van der Waals surface area contributed by atoms with Gasteiger partial charge in [0, 0.05) is 6.42 Å². The zero-order valence-electron chi connectivity index (χ0n) is 38.2. The Labute approximate surface area is 383 Å². The van der Waals surface area contributed by atoms with Crippen molar-refractivity contribution >= 4 is 5.91 Å². The number of hydrogen-bond donors (Lipinski definition) is 12. The molecule has 0 radical (unpaired) electrons. The molecule has 17 unspecified atom stereocenters. The van der Waals surface area contributed by atoms with E-state index in [1.165, 1.54) is 6.42 Å². The van der Waals surface area contributed by atoms with Gasteiger partial charge in [0.1, 0.15) is 73.2 Å². The van der Waals surface area contributed by atoms with Crippen LogP contribution in [0.3, 0.4) is 0 Å². The number of aliphatic hydroxyl groups is 11. The first-order chi connectivity index (χ1) is 31.3. The fourth-order valence-corrected chi connectivity index (χ4v) is 7.97. The van der Waals surface area contributed by atoms with Crippen molar-refractivity contribution in [3.05, 3.63) is 36.5 Å². The van der Waals surface area contributed by atoms with Crippen molar-refractivity contribution in [3.8, 4) is 0 Å². The first-order valence-corrected chi connectivity index (χ1v) is 23.7. The van der Waals surface area contributed by atoms with Crippen LogP contribution in [0.2, 0.25) is 0 Å². The summed E-state index contributed by atoms with van der Waals surface area (Å²) in [5.41, 5.74) is 0. The summed E-state index contributed by atoms with van der Waals surface area (Å²) in [6, 6.07) is -0.897. The molecule has 19 heteroatoms. The maximum atomic E-state index is 13.1. The van der Waals surface area contributed by atoms with E-state index in [1.807, 2.05) is 0 Å². The molecule has 0 aliphatic carbocycles. The number of unbranched alkanes of at least 4 members (excludes halogenated alkanes) is 9. The van der Waals surface area contributed by atoms with Gasteiger partial charge in [-0.15, -0.1) is 0 Å². The molecule has 3 fully saturated rings. The van der Waals surface area contributed by atoms with Crippen LogP contribution in [-0.4, -0.2) is 193 Å². The second kappa shape index (κ2) is 31.9. The third-order valence-electron chi connectivity index (χ3n) is 12.0. The minimum absolute atomic E-state index is 0.229. The normalized spacial score (nSPS) is 34.4. The van der Waals surface area contributed by atoms with Gasteiger partial charge < -0.3 is 89.9 Å². The molecule has 1 amide bonds. The van der Waals surface area contributed by atoms with Crippen molar-refractivity contribution < 1.29 is 89.4 Å². The molecule has 3 saturated heterocycles. The average Bonchev–Trinajstić information content (AvgIpc) is 3.30. The van der Waals surface area contributed by atoms with E-state index < -0.39 is 124 Å². The van der Waals surface area contributed by atoms with Gasteiger partial charge in [0.15, 0.2) is 18.9 Å². The van der Waals surface area contributed by atoms with Gasteiger partial charge >= 0.3 is 0 Å². The van der Waals surface area contributed by atoms with E-state index in [0.717, 1.165) is 70.6 Å². The van der Waals surface area contributed by atoms with Gasteiger partial charge in [0.25, 0.3) is 0 Å². The maximum Gasteiger partial charge on any atom is 0.220 e. The quantitative estimate of drug-likeness (QED) is 0.0328. The summed E-state index contributed by atoms with van der Waals surface area (Å²) in [6.07, 6.45) is 0.199. The Morgan fingerprint density at radius 3 is 1.65 bits per heavy atom. The molecule has 3 aliphatic rings. The van der Waals surface area contributed by atoms with Gasteiger partial charge in [-0.1, -0.05) is 102 Å². The van der Waals surface area contributed by atoms with Crippen molar-refractivity contribution in [3.63, 3.8) is 0 Å². The molecule has 17 atom stereocenters. The molecular weight excluding hydrogens is 854 g/mol. The van der Waals surface area contributed by atoms with Crippen LogP contribution in [-0.2, 0) is 33.2 Å². The zero-order chi connectivity index (χ0) is 47.7. The standard InChI is InChI=1S/C46H81NO18/c1-3-5-7-9-11-12-13-14-15-16-18-20-22-24-34(52)47-29(30(51)23-21-19-17-10-8-6-4-2)28-60-44-40(58)37(55)42(32(26-49)62-44)65-46-41(59)38(56)43(33(27-50)63-46)64-45-39(57)36(54)35(53)31(25-48)61-45/h5,7,11-12,14-15,29-33,35-46,48-51,53-59H,3-4,6,8-10,13,16-28H2,1-2H3,(H,47,52)/b7-5-,12-11-,15-14-. The van der Waals surface area contributed by atoms with Crippen molar-refractivity contribution in [2.24, 2.45) is 0 Å². The van der Waals surface area contributed by atoms with Crippen molar-refractivity contribution in [2.75, 3.05) is 26.4 Å². The summed E-state index contributed by atoms with van der Waals surface area (Å²) < 4.78 is 34.0. The summed E-state index contributed by atoms with van der Waals surface area (Å²) in [4.78, 5) is 13.1. The van der Waals surface area contributed by atoms with Crippen LogP contribution in [0.25, 0.3) is 0 Å². The van der Waals surface area contributed by atoms with Crippen LogP contribution >= 0.6 is 0 Å². The second-order valence-corrected chi connectivity index (χ2v) is 17.2. The van der Waals surface area contributed by atoms with E-state index in [0.29, 0.717) is 19.3 Å². The van der Waals surface area contributed by atoms with Crippen LogP contribution in [0.15, 0.2) is 36.5 Å². The smallest absolute Gasteiger partial charge is 0.220 e. The first-order valence-electron chi connectivity index (χ1n) is 23.7. The number of allylic oxidation sites excluding steroid dienone is 6. The molecular formula is C46H81NO18. The molecule has 19 nitrogen and oxygen atoms in total. The van der Waals surface area contributed by atoms with Gasteiger partial charge in [-0.05, 0) is 44.9 Å². The van der Waals surface area contributed by atoms with Gasteiger partial charge in [0.05, 0.1) is 38.6 Å². The molecule has 0 bridgehead atoms. The molecule has 0 saturated carbocycles. The second-order valence-electron chi connectivity index (χ2n) is 17.2. The fourth-order valence-electron chi connectivity index (χ4n) is 7.97. The van der Waals surface area contributed by atoms with Crippen LogP contribution < -0.4 is 5.32 Å². The number of hydrogen-bond acceptors (Lipinski definition) is 18. The molecule has 3 rings (SSSR count). The third-order valence-corrected chi connectivity index (χ3v) is 12.0. The summed E-state index contributed by atoms with van der Waals surface area (Å²) in [5, 5.41) is 119. The highest BCUT2D eigenvalue weighted by atomic mass is 16.8. The van der Waals surface area contributed by atoms with E-state index >= 15 is 0 Å². The van der Waals surface area contributed by atoms with Gasteiger partial charge in [0.2, 0.25) is 5.91 Å². The Morgan fingerprint density at radius 1 is 0.569 bits per heavy atom. The molecule has 0 aromatic heterocycles. The minimum Gasteiger partial charge on any atom is -0.394 e. The number of aliphatic hydroxyl groups excluding tert-OH is 11. The summed E-state index contributed by atoms with van der Waals surface area (Å²) >= 11 is 0. The van der Waals surface area contributed by atoms with E-state index in [4.69, 9.17) is 28.4 Å². The predicted octanol–water partition coefficient (Wildman–Crippen LogP) is 0.247. The molecule has 3 heterocycles. The predicted molar refractivity (Wildman–Crippen MR) is 236 cm³/mol. The highest BCUT2D eigenvalue weighted by Gasteiger charge is 2.53. The number of carbonyl (C=O) groups excluding carboxylic acids is 1. The molecule has 3 aliphatic heterocycles. The Morgan fingerprint density at radius 2 is 1.06 bits per heavy atom. The lowest BCUT2D eigenvalue weighted by Gasteiger charge is -2.48. The van der Waals surface area contributed by atoms with E-state index in [1.54, 1.807) is 0 Å². The summed E-state index contributed by atoms with van der Waals surface area (Å²) in [7, 11) is 0.